The second-order valence-corrected chi connectivity index (χ2v) is 6.41. The van der Waals surface area contributed by atoms with Crippen LogP contribution in [0.4, 0.5) is 0 Å². The van der Waals surface area contributed by atoms with E-state index in [9.17, 15) is 0 Å². The van der Waals surface area contributed by atoms with Gasteiger partial charge in [0, 0.05) is 17.9 Å². The molecule has 2 atom stereocenters. The van der Waals surface area contributed by atoms with Gasteiger partial charge in [0.05, 0.1) is 18.0 Å². The van der Waals surface area contributed by atoms with Crippen LogP contribution in [0.15, 0.2) is 4.99 Å². The Balaban J connectivity index is 1.93. The van der Waals surface area contributed by atoms with Crippen LogP contribution < -0.4 is 5.73 Å². The Kier molecular flexibility index (Phi) is 4.31. The van der Waals surface area contributed by atoms with Crippen LogP contribution in [-0.2, 0) is 4.74 Å². The normalized spacial score (nSPS) is 33.2. The lowest BCUT2D eigenvalue weighted by Crippen LogP contribution is -2.54. The molecule has 0 aromatic rings. The Morgan fingerprint density at radius 1 is 1.28 bits per heavy atom. The van der Waals surface area contributed by atoms with Crippen LogP contribution in [0.25, 0.3) is 0 Å². The molecule has 18 heavy (non-hydrogen) atoms. The number of rotatable bonds is 4. The summed E-state index contributed by atoms with van der Waals surface area (Å²) < 4.78 is 5.74. The molecule has 0 radical (unpaired) electrons. The molecule has 0 heterocycles. The van der Waals surface area contributed by atoms with Gasteiger partial charge in [-0.05, 0) is 26.2 Å². The number of amidine groups is 1. The standard InChI is InChI=1S/C15H28N2O/c1-4-18-13-10-12(15(13,2)3)17-14(16)11-8-6-5-7-9-11/h11-13H,4-10H2,1-3H3,(H2,16,17). The molecular formula is C15H28N2O. The van der Waals surface area contributed by atoms with Crippen molar-refractivity contribution >= 4 is 5.84 Å². The molecule has 0 aromatic carbocycles. The molecule has 3 heteroatoms. The van der Waals surface area contributed by atoms with Crippen molar-refractivity contribution in [2.24, 2.45) is 22.1 Å². The number of aliphatic imine (C=N–C) groups is 1. The SMILES string of the molecule is CCOC1CC(N=C(N)C2CCCCC2)C1(C)C. The van der Waals surface area contributed by atoms with Gasteiger partial charge in [-0.1, -0.05) is 33.1 Å². The van der Waals surface area contributed by atoms with Gasteiger partial charge < -0.3 is 10.5 Å². The summed E-state index contributed by atoms with van der Waals surface area (Å²) in [6.45, 7) is 7.35. The van der Waals surface area contributed by atoms with Crippen molar-refractivity contribution in [3.05, 3.63) is 0 Å². The second kappa shape index (κ2) is 5.60. The maximum Gasteiger partial charge on any atom is 0.0972 e. The van der Waals surface area contributed by atoms with Crippen molar-refractivity contribution in [1.29, 1.82) is 0 Å². The topological polar surface area (TPSA) is 47.6 Å². The molecule has 0 saturated heterocycles. The van der Waals surface area contributed by atoms with Crippen LogP contribution in [0.3, 0.4) is 0 Å². The Labute approximate surface area is 111 Å². The Bertz CT molecular complexity index is 306. The minimum atomic E-state index is 0.148. The summed E-state index contributed by atoms with van der Waals surface area (Å²) >= 11 is 0. The van der Waals surface area contributed by atoms with Crippen LogP contribution >= 0.6 is 0 Å². The maximum atomic E-state index is 6.21. The fourth-order valence-corrected chi connectivity index (χ4v) is 3.25. The fourth-order valence-electron chi connectivity index (χ4n) is 3.25. The van der Waals surface area contributed by atoms with Gasteiger partial charge in [0.15, 0.2) is 0 Å². The fraction of sp³-hybridized carbons (Fsp3) is 0.933. The molecule has 104 valence electrons. The highest BCUT2D eigenvalue weighted by Crippen LogP contribution is 2.45. The highest BCUT2D eigenvalue weighted by atomic mass is 16.5. The van der Waals surface area contributed by atoms with E-state index in [1.807, 2.05) is 0 Å². The van der Waals surface area contributed by atoms with E-state index in [-0.39, 0.29) is 5.41 Å². The molecule has 2 unspecified atom stereocenters. The monoisotopic (exact) mass is 252 g/mol. The number of nitrogens with zero attached hydrogens (tertiary/aromatic N) is 1. The highest BCUT2D eigenvalue weighted by molar-refractivity contribution is 5.83. The van der Waals surface area contributed by atoms with Crippen molar-refractivity contribution in [2.75, 3.05) is 6.61 Å². The average Bonchev–Trinajstić information content (AvgIpc) is 2.38. The summed E-state index contributed by atoms with van der Waals surface area (Å²) in [5.41, 5.74) is 6.36. The van der Waals surface area contributed by atoms with E-state index in [2.05, 4.69) is 20.8 Å². The second-order valence-electron chi connectivity index (χ2n) is 6.41. The van der Waals surface area contributed by atoms with Gasteiger partial charge in [-0.2, -0.15) is 0 Å². The van der Waals surface area contributed by atoms with Crippen molar-refractivity contribution in [1.82, 2.24) is 0 Å². The van der Waals surface area contributed by atoms with Crippen LogP contribution in [0, 0.1) is 11.3 Å². The van der Waals surface area contributed by atoms with Crippen molar-refractivity contribution in [2.45, 2.75) is 71.4 Å². The highest BCUT2D eigenvalue weighted by Gasteiger charge is 2.49. The molecule has 2 saturated carbocycles. The average molecular weight is 252 g/mol. The van der Waals surface area contributed by atoms with Gasteiger partial charge in [-0.3, -0.25) is 4.99 Å². The molecule has 0 spiro atoms. The first-order chi connectivity index (χ1) is 8.55. The first kappa shape index (κ1) is 13.9. The van der Waals surface area contributed by atoms with E-state index < -0.39 is 0 Å². The van der Waals surface area contributed by atoms with E-state index in [0.29, 0.717) is 18.1 Å². The molecule has 0 aliphatic heterocycles. The largest absolute Gasteiger partial charge is 0.387 e. The zero-order chi connectivity index (χ0) is 13.2. The molecule has 0 bridgehead atoms. The summed E-state index contributed by atoms with van der Waals surface area (Å²) in [7, 11) is 0. The zero-order valence-corrected chi connectivity index (χ0v) is 12.1. The molecule has 2 N–H and O–H groups in total. The molecule has 2 aliphatic carbocycles. The maximum absolute atomic E-state index is 6.21. The Morgan fingerprint density at radius 2 is 1.94 bits per heavy atom. The third kappa shape index (κ3) is 2.71. The van der Waals surface area contributed by atoms with E-state index in [1.165, 1.54) is 32.1 Å². The molecule has 0 amide bonds. The first-order valence-electron chi connectivity index (χ1n) is 7.50. The lowest BCUT2D eigenvalue weighted by atomic mass is 9.64. The minimum absolute atomic E-state index is 0.148. The molecular weight excluding hydrogens is 224 g/mol. The Hall–Kier alpha value is -0.570. The van der Waals surface area contributed by atoms with Gasteiger partial charge in [-0.25, -0.2) is 0 Å². The van der Waals surface area contributed by atoms with E-state index in [0.717, 1.165) is 18.9 Å². The lowest BCUT2D eigenvalue weighted by molar-refractivity contribution is -0.103. The van der Waals surface area contributed by atoms with Crippen molar-refractivity contribution in [3.8, 4) is 0 Å². The van der Waals surface area contributed by atoms with Crippen molar-refractivity contribution in [3.63, 3.8) is 0 Å². The predicted molar refractivity (Wildman–Crippen MR) is 75.8 cm³/mol. The minimum Gasteiger partial charge on any atom is -0.387 e. The van der Waals surface area contributed by atoms with E-state index >= 15 is 0 Å². The van der Waals surface area contributed by atoms with Crippen molar-refractivity contribution < 1.29 is 4.74 Å². The molecule has 2 fully saturated rings. The van der Waals surface area contributed by atoms with E-state index in [4.69, 9.17) is 15.5 Å². The quantitative estimate of drug-likeness (QED) is 0.617. The third-order valence-corrected chi connectivity index (χ3v) is 4.82. The zero-order valence-electron chi connectivity index (χ0n) is 12.1. The van der Waals surface area contributed by atoms with E-state index in [1.54, 1.807) is 0 Å². The molecule has 2 aliphatic rings. The lowest BCUT2D eigenvalue weighted by Gasteiger charge is -2.49. The van der Waals surface area contributed by atoms with Gasteiger partial charge >= 0.3 is 0 Å². The Morgan fingerprint density at radius 3 is 2.50 bits per heavy atom. The summed E-state index contributed by atoms with van der Waals surface area (Å²) in [5, 5.41) is 0. The molecule has 2 rings (SSSR count). The summed E-state index contributed by atoms with van der Waals surface area (Å²) in [6.07, 6.45) is 7.86. The predicted octanol–water partition coefficient (Wildman–Crippen LogP) is 3.13. The van der Waals surface area contributed by atoms with Gasteiger partial charge in [0.25, 0.3) is 0 Å². The number of hydrogen-bond donors (Lipinski definition) is 1. The van der Waals surface area contributed by atoms with Crippen LogP contribution in [0.1, 0.15) is 59.3 Å². The van der Waals surface area contributed by atoms with Gasteiger partial charge in [0.2, 0.25) is 0 Å². The third-order valence-electron chi connectivity index (χ3n) is 4.82. The summed E-state index contributed by atoms with van der Waals surface area (Å²) in [6, 6.07) is 0.357. The van der Waals surface area contributed by atoms with Crippen LogP contribution in [0.2, 0.25) is 0 Å². The smallest absolute Gasteiger partial charge is 0.0972 e. The number of ether oxygens (including phenoxy) is 1. The molecule has 3 nitrogen and oxygen atoms in total. The van der Waals surface area contributed by atoms with Gasteiger partial charge in [0.1, 0.15) is 0 Å². The van der Waals surface area contributed by atoms with Crippen LogP contribution in [-0.4, -0.2) is 24.6 Å². The molecule has 0 aromatic heterocycles. The van der Waals surface area contributed by atoms with Crippen LogP contribution in [0.5, 0.6) is 0 Å². The first-order valence-corrected chi connectivity index (χ1v) is 7.50. The number of nitrogens with two attached hydrogens (primary N) is 1. The summed E-state index contributed by atoms with van der Waals surface area (Å²) in [5.74, 6) is 1.45. The summed E-state index contributed by atoms with van der Waals surface area (Å²) in [4.78, 5) is 4.81. The van der Waals surface area contributed by atoms with Gasteiger partial charge in [-0.15, -0.1) is 0 Å². The number of hydrogen-bond acceptors (Lipinski definition) is 2.